The molecule has 8 nitrogen and oxygen atoms in total. The molecule has 1 aromatic heterocycles. The number of alkyl halides is 3. The number of carbonyl (C=O) groups excluding carboxylic acids is 2. The molecular weight excluding hydrogens is 493 g/mol. The van der Waals surface area contributed by atoms with Crippen LogP contribution in [0.25, 0.3) is 0 Å². The minimum Gasteiger partial charge on any atom is -0.490 e. The van der Waals surface area contributed by atoms with E-state index >= 15 is 4.39 Å². The van der Waals surface area contributed by atoms with Gasteiger partial charge in [0.2, 0.25) is 11.6 Å². The van der Waals surface area contributed by atoms with E-state index in [4.69, 9.17) is 8.85 Å². The van der Waals surface area contributed by atoms with Crippen molar-refractivity contribution in [3.8, 4) is 23.0 Å². The summed E-state index contributed by atoms with van der Waals surface area (Å²) in [5.74, 6) is -8.62. The van der Waals surface area contributed by atoms with Gasteiger partial charge in [0.05, 0.1) is 23.0 Å². The van der Waals surface area contributed by atoms with E-state index in [0.717, 1.165) is 12.3 Å². The molecule has 2 aromatic carbocycles. The Hall–Kier alpha value is -4.42. The maximum atomic E-state index is 15.1. The third-order valence-electron chi connectivity index (χ3n) is 4.58. The number of hydrogen-bond acceptors (Lipinski definition) is 6. The van der Waals surface area contributed by atoms with E-state index in [1.807, 2.05) is 0 Å². The normalized spacial score (nSPS) is 12.6. The number of carbonyl (C=O) groups is 2. The maximum Gasteiger partial charge on any atom is 0.573 e. The second-order valence-corrected chi connectivity index (χ2v) is 6.99. The maximum absolute atomic E-state index is 15.1. The van der Waals surface area contributed by atoms with Crippen LogP contribution in [0.3, 0.4) is 0 Å². The zero-order valence-electron chi connectivity index (χ0n) is 21.4. The molecule has 0 saturated carbocycles. The van der Waals surface area contributed by atoms with Crippen molar-refractivity contribution in [3.63, 3.8) is 0 Å². The minimum atomic E-state index is -5.32. The van der Waals surface area contributed by atoms with Crippen LogP contribution in [0.4, 0.5) is 27.6 Å². The summed E-state index contributed by atoms with van der Waals surface area (Å²) >= 11 is 0. The van der Waals surface area contributed by atoms with Crippen LogP contribution >= 0.6 is 0 Å². The number of methoxy groups -OCH3 is 1. The Morgan fingerprint density at radius 2 is 1.67 bits per heavy atom. The van der Waals surface area contributed by atoms with Crippen LogP contribution in [0.1, 0.15) is 30.5 Å². The van der Waals surface area contributed by atoms with Gasteiger partial charge in [0.25, 0.3) is 11.8 Å². The first-order valence-electron chi connectivity index (χ1n) is 11.3. The number of anilines is 1. The standard InChI is InChI=1S/C23H18F5N3O5/c1-11-4-7-14(35-16-9-8-15(36-23(26,27)28)19(25)20(16)34-3)17(18(11)24)22(33)31-12-5-6-13(30-10-12)21(32)29-2/h4-10H,1-3H3,(H,29,32)(H,31,33)/i3D3. The molecule has 1 heterocycles. The van der Waals surface area contributed by atoms with Gasteiger partial charge in [-0.2, -0.15) is 4.39 Å². The highest BCUT2D eigenvalue weighted by molar-refractivity contribution is 6.06. The number of benzene rings is 2. The molecule has 0 radical (unpaired) electrons. The summed E-state index contributed by atoms with van der Waals surface area (Å²) in [7, 11) is -1.96. The number of aromatic nitrogens is 1. The highest BCUT2D eigenvalue weighted by Gasteiger charge is 2.34. The summed E-state index contributed by atoms with van der Waals surface area (Å²) in [4.78, 5) is 28.5. The van der Waals surface area contributed by atoms with E-state index in [9.17, 15) is 27.2 Å². The smallest absolute Gasteiger partial charge is 0.490 e. The summed E-state index contributed by atoms with van der Waals surface area (Å²) in [6, 6.07) is 6.03. The van der Waals surface area contributed by atoms with Gasteiger partial charge in [-0.05, 0) is 42.8 Å². The van der Waals surface area contributed by atoms with Crippen LogP contribution in [0.5, 0.6) is 23.0 Å². The summed E-state index contributed by atoms with van der Waals surface area (Å²) in [6.45, 7) is 1.32. The molecule has 0 saturated heterocycles. The number of nitrogens with zero attached hydrogens (tertiary/aromatic N) is 1. The molecule has 0 aliphatic carbocycles. The van der Waals surface area contributed by atoms with E-state index in [2.05, 4.69) is 25.1 Å². The fraction of sp³-hybridized carbons (Fsp3) is 0.174. The number of rotatable bonds is 7. The van der Waals surface area contributed by atoms with Gasteiger partial charge in [0.1, 0.15) is 22.8 Å². The lowest BCUT2D eigenvalue weighted by Crippen LogP contribution is -2.20. The first-order valence-corrected chi connectivity index (χ1v) is 9.83. The quantitative estimate of drug-likeness (QED) is 0.432. The Morgan fingerprint density at radius 1 is 0.972 bits per heavy atom. The molecule has 2 amide bonds. The lowest BCUT2D eigenvalue weighted by atomic mass is 10.1. The van der Waals surface area contributed by atoms with Gasteiger partial charge in [-0.1, -0.05) is 6.07 Å². The van der Waals surface area contributed by atoms with Gasteiger partial charge in [-0.3, -0.25) is 9.59 Å². The van der Waals surface area contributed by atoms with Gasteiger partial charge in [0.15, 0.2) is 11.5 Å². The Kier molecular flexibility index (Phi) is 6.41. The summed E-state index contributed by atoms with van der Waals surface area (Å²) in [5.41, 5.74) is -0.658. The van der Waals surface area contributed by atoms with E-state index in [1.54, 1.807) is 0 Å². The molecule has 0 atom stereocenters. The predicted octanol–water partition coefficient (Wildman–Crippen LogP) is 4.98. The Bertz CT molecular complexity index is 1400. The number of halogens is 5. The number of amides is 2. The van der Waals surface area contributed by atoms with Crippen LogP contribution in [-0.4, -0.2) is 37.2 Å². The molecule has 0 fully saturated rings. The first kappa shape index (κ1) is 22.1. The summed E-state index contributed by atoms with van der Waals surface area (Å²) in [6.07, 6.45) is -4.20. The predicted molar refractivity (Wildman–Crippen MR) is 116 cm³/mol. The molecule has 3 rings (SSSR count). The zero-order chi connectivity index (χ0) is 29.1. The molecular formula is C23H18F5N3O5. The fourth-order valence-corrected chi connectivity index (χ4v) is 2.90. The molecule has 0 unspecified atom stereocenters. The van der Waals surface area contributed by atoms with Crippen LogP contribution in [0.2, 0.25) is 0 Å². The van der Waals surface area contributed by atoms with Crippen molar-refractivity contribution in [2.45, 2.75) is 13.3 Å². The van der Waals surface area contributed by atoms with Gasteiger partial charge in [-0.25, -0.2) is 9.37 Å². The van der Waals surface area contributed by atoms with Gasteiger partial charge in [-0.15, -0.1) is 13.2 Å². The monoisotopic (exact) mass is 514 g/mol. The molecule has 36 heavy (non-hydrogen) atoms. The fourth-order valence-electron chi connectivity index (χ4n) is 2.90. The average molecular weight is 514 g/mol. The number of hydrogen-bond donors (Lipinski definition) is 2. The largest absolute Gasteiger partial charge is 0.573 e. The highest BCUT2D eigenvalue weighted by atomic mass is 19.4. The Morgan fingerprint density at radius 3 is 2.28 bits per heavy atom. The van der Waals surface area contributed by atoms with Gasteiger partial charge in [0, 0.05) is 7.05 Å². The third-order valence-corrected chi connectivity index (χ3v) is 4.58. The van der Waals surface area contributed by atoms with Crippen molar-refractivity contribution in [2.75, 3.05) is 19.4 Å². The second-order valence-electron chi connectivity index (χ2n) is 6.99. The minimum absolute atomic E-state index is 0.0142. The molecule has 190 valence electrons. The molecule has 13 heteroatoms. The zero-order valence-corrected chi connectivity index (χ0v) is 18.4. The van der Waals surface area contributed by atoms with Crippen molar-refractivity contribution >= 4 is 17.5 Å². The van der Waals surface area contributed by atoms with E-state index in [1.165, 1.54) is 32.2 Å². The van der Waals surface area contributed by atoms with Crippen molar-refractivity contribution in [1.29, 1.82) is 0 Å². The molecule has 0 bridgehead atoms. The molecule has 0 aliphatic heterocycles. The molecule has 2 N–H and O–H groups in total. The first-order chi connectivity index (χ1) is 18.1. The highest BCUT2D eigenvalue weighted by Crippen LogP contribution is 2.41. The molecule has 3 aromatic rings. The van der Waals surface area contributed by atoms with Crippen LogP contribution in [0, 0.1) is 18.6 Å². The van der Waals surface area contributed by atoms with E-state index in [0.29, 0.717) is 12.1 Å². The van der Waals surface area contributed by atoms with Crippen LogP contribution in [-0.2, 0) is 0 Å². The summed E-state index contributed by atoms with van der Waals surface area (Å²) in [5, 5.41) is 4.70. The number of pyridine rings is 1. The topological polar surface area (TPSA) is 98.8 Å². The van der Waals surface area contributed by atoms with E-state index in [-0.39, 0.29) is 16.9 Å². The Balaban J connectivity index is 2.02. The summed E-state index contributed by atoms with van der Waals surface area (Å²) < 4.78 is 103. The van der Waals surface area contributed by atoms with Gasteiger partial charge >= 0.3 is 6.36 Å². The number of ether oxygens (including phenoxy) is 3. The lowest BCUT2D eigenvalue weighted by Gasteiger charge is -2.17. The Labute approximate surface area is 205 Å². The second kappa shape index (κ2) is 10.5. The molecule has 0 spiro atoms. The van der Waals surface area contributed by atoms with Crippen LogP contribution in [0.15, 0.2) is 42.6 Å². The van der Waals surface area contributed by atoms with Gasteiger partial charge < -0.3 is 24.8 Å². The van der Waals surface area contributed by atoms with Crippen molar-refractivity contribution in [3.05, 3.63) is 71.1 Å². The van der Waals surface area contributed by atoms with Crippen LogP contribution < -0.4 is 24.8 Å². The lowest BCUT2D eigenvalue weighted by molar-refractivity contribution is -0.275. The van der Waals surface area contributed by atoms with E-state index < -0.39 is 65.4 Å². The van der Waals surface area contributed by atoms with Crippen molar-refractivity contribution < 1.29 is 49.9 Å². The SMILES string of the molecule is [2H]C([2H])([2H])Oc1c(Oc2ccc(C)c(F)c2C(=O)Nc2ccc(C(=O)NC)nc2)ccc(OC(F)(F)F)c1F. The molecule has 0 aliphatic rings. The van der Waals surface area contributed by atoms with Crippen molar-refractivity contribution in [1.82, 2.24) is 10.3 Å². The average Bonchev–Trinajstić information content (AvgIpc) is 2.84. The number of nitrogens with one attached hydrogen (secondary N) is 2. The van der Waals surface area contributed by atoms with Crippen molar-refractivity contribution in [2.24, 2.45) is 0 Å². The number of aryl methyl sites for hydroxylation is 1. The third kappa shape index (κ3) is 5.79.